The van der Waals surface area contributed by atoms with Gasteiger partial charge in [-0.2, -0.15) is 5.10 Å². The van der Waals surface area contributed by atoms with Gasteiger partial charge in [0.25, 0.3) is 0 Å². The lowest BCUT2D eigenvalue weighted by molar-refractivity contribution is 0.548. The van der Waals surface area contributed by atoms with Crippen LogP contribution in [0.25, 0.3) is 0 Å². The molecular formula is C13H21N5S2. The molecule has 2 aromatic heterocycles. The van der Waals surface area contributed by atoms with Crippen molar-refractivity contribution >= 4 is 23.1 Å². The van der Waals surface area contributed by atoms with E-state index in [1.54, 1.807) is 23.1 Å². The van der Waals surface area contributed by atoms with Gasteiger partial charge >= 0.3 is 0 Å². The first kappa shape index (κ1) is 15.5. The van der Waals surface area contributed by atoms with E-state index in [2.05, 4.69) is 41.4 Å². The minimum absolute atomic E-state index is 0.647. The van der Waals surface area contributed by atoms with E-state index >= 15 is 0 Å². The van der Waals surface area contributed by atoms with Crippen molar-refractivity contribution in [2.75, 3.05) is 6.54 Å². The number of hydrogen-bond acceptors (Lipinski definition) is 6. The van der Waals surface area contributed by atoms with Gasteiger partial charge in [-0.1, -0.05) is 25.2 Å². The number of rotatable bonds is 6. The monoisotopic (exact) mass is 311 g/mol. The summed E-state index contributed by atoms with van der Waals surface area (Å²) < 4.78 is 2.90. The third-order valence-electron chi connectivity index (χ3n) is 2.83. The molecule has 7 heteroatoms. The van der Waals surface area contributed by atoms with Crippen LogP contribution in [-0.4, -0.2) is 26.5 Å². The van der Waals surface area contributed by atoms with Crippen LogP contribution in [0.3, 0.4) is 0 Å². The Morgan fingerprint density at radius 3 is 2.65 bits per heavy atom. The maximum absolute atomic E-state index is 4.52. The molecule has 0 unspecified atom stereocenters. The summed E-state index contributed by atoms with van der Waals surface area (Å²) in [7, 11) is 1.98. The van der Waals surface area contributed by atoms with E-state index in [0.717, 1.165) is 33.2 Å². The molecule has 2 heterocycles. The van der Waals surface area contributed by atoms with Crippen LogP contribution in [0.5, 0.6) is 0 Å². The molecule has 0 aromatic carbocycles. The molecule has 2 aromatic rings. The third-order valence-corrected chi connectivity index (χ3v) is 4.93. The van der Waals surface area contributed by atoms with Crippen LogP contribution in [-0.2, 0) is 13.6 Å². The average molecular weight is 311 g/mol. The number of hydrogen-bond donors (Lipinski definition) is 1. The first-order valence-corrected chi connectivity index (χ1v) is 8.31. The molecule has 1 N–H and O–H groups in total. The van der Waals surface area contributed by atoms with Crippen LogP contribution < -0.4 is 5.32 Å². The SMILES string of the molecule is Cc1nnc(Sc2c(CNCC(C)C)c(C)nn2C)s1. The van der Waals surface area contributed by atoms with Crippen LogP contribution in [0, 0.1) is 19.8 Å². The molecular weight excluding hydrogens is 290 g/mol. The molecule has 0 aliphatic heterocycles. The van der Waals surface area contributed by atoms with E-state index in [0.29, 0.717) is 5.92 Å². The molecule has 0 saturated heterocycles. The van der Waals surface area contributed by atoms with Crippen molar-refractivity contribution in [3.8, 4) is 0 Å². The van der Waals surface area contributed by atoms with Gasteiger partial charge in [-0.25, -0.2) is 0 Å². The van der Waals surface area contributed by atoms with Gasteiger partial charge < -0.3 is 5.32 Å². The maximum Gasteiger partial charge on any atom is 0.180 e. The minimum atomic E-state index is 0.647. The highest BCUT2D eigenvalue weighted by Crippen LogP contribution is 2.33. The van der Waals surface area contributed by atoms with E-state index in [9.17, 15) is 0 Å². The summed E-state index contributed by atoms with van der Waals surface area (Å²) in [6, 6.07) is 0. The van der Waals surface area contributed by atoms with Crippen molar-refractivity contribution in [1.82, 2.24) is 25.3 Å². The molecule has 0 saturated carbocycles. The van der Waals surface area contributed by atoms with Crippen molar-refractivity contribution in [2.45, 2.75) is 43.6 Å². The number of aryl methyl sites for hydroxylation is 3. The zero-order valence-corrected chi connectivity index (χ0v) is 14.2. The molecule has 20 heavy (non-hydrogen) atoms. The van der Waals surface area contributed by atoms with Crippen LogP contribution in [0.4, 0.5) is 0 Å². The lowest BCUT2D eigenvalue weighted by Crippen LogP contribution is -2.19. The molecule has 5 nitrogen and oxygen atoms in total. The minimum Gasteiger partial charge on any atom is -0.312 e. The standard InChI is InChI=1S/C13H21N5S2/c1-8(2)6-14-7-11-9(3)17-18(5)12(11)20-13-16-15-10(4)19-13/h8,14H,6-7H2,1-5H3. The Morgan fingerprint density at radius 1 is 1.30 bits per heavy atom. The van der Waals surface area contributed by atoms with E-state index in [1.807, 2.05) is 18.7 Å². The maximum atomic E-state index is 4.52. The number of nitrogens with zero attached hydrogens (tertiary/aromatic N) is 4. The summed E-state index contributed by atoms with van der Waals surface area (Å²) in [6.45, 7) is 10.3. The van der Waals surface area contributed by atoms with Crippen molar-refractivity contribution < 1.29 is 0 Å². The Labute approximate surface area is 128 Å². The Bertz CT molecular complexity index is 573. The van der Waals surface area contributed by atoms with E-state index < -0.39 is 0 Å². The van der Waals surface area contributed by atoms with Crippen LogP contribution in [0.1, 0.15) is 30.1 Å². The van der Waals surface area contributed by atoms with Gasteiger partial charge in [0.05, 0.1) is 5.69 Å². The van der Waals surface area contributed by atoms with E-state index in [-0.39, 0.29) is 0 Å². The Hall–Kier alpha value is -0.920. The topological polar surface area (TPSA) is 55.6 Å². The number of aromatic nitrogens is 4. The van der Waals surface area contributed by atoms with Crippen LogP contribution >= 0.6 is 23.1 Å². The highest BCUT2D eigenvalue weighted by molar-refractivity contribution is 8.01. The van der Waals surface area contributed by atoms with Gasteiger partial charge in [0.15, 0.2) is 4.34 Å². The normalized spacial score (nSPS) is 11.5. The Balaban J connectivity index is 2.14. The van der Waals surface area contributed by atoms with Gasteiger partial charge in [0, 0.05) is 19.2 Å². The zero-order chi connectivity index (χ0) is 14.7. The molecule has 110 valence electrons. The second-order valence-corrected chi connectivity index (χ2v) is 7.62. The highest BCUT2D eigenvalue weighted by atomic mass is 32.2. The van der Waals surface area contributed by atoms with Gasteiger partial charge in [-0.15, -0.1) is 10.2 Å². The summed E-state index contributed by atoms with van der Waals surface area (Å²) in [5.74, 6) is 0.647. The van der Waals surface area contributed by atoms with Gasteiger partial charge in [-0.3, -0.25) is 4.68 Å². The van der Waals surface area contributed by atoms with Crippen molar-refractivity contribution in [1.29, 1.82) is 0 Å². The van der Waals surface area contributed by atoms with Crippen molar-refractivity contribution in [2.24, 2.45) is 13.0 Å². The average Bonchev–Trinajstić information content (AvgIpc) is 2.87. The molecule has 0 bridgehead atoms. The lowest BCUT2D eigenvalue weighted by Gasteiger charge is -2.08. The van der Waals surface area contributed by atoms with Crippen molar-refractivity contribution in [3.05, 3.63) is 16.3 Å². The van der Waals surface area contributed by atoms with E-state index in [4.69, 9.17) is 0 Å². The van der Waals surface area contributed by atoms with Gasteiger partial charge in [-0.05, 0) is 38.1 Å². The first-order chi connectivity index (χ1) is 9.47. The summed E-state index contributed by atoms with van der Waals surface area (Å²) in [4.78, 5) is 0. The molecule has 0 amide bonds. The second-order valence-electron chi connectivity index (χ2n) is 5.21. The van der Waals surface area contributed by atoms with Gasteiger partial charge in [0.1, 0.15) is 10.0 Å². The Kier molecular flexibility index (Phi) is 5.17. The van der Waals surface area contributed by atoms with Crippen LogP contribution in [0.2, 0.25) is 0 Å². The van der Waals surface area contributed by atoms with Crippen LogP contribution in [0.15, 0.2) is 9.37 Å². The third kappa shape index (κ3) is 3.80. The van der Waals surface area contributed by atoms with E-state index in [1.165, 1.54) is 5.56 Å². The molecule has 0 radical (unpaired) electrons. The lowest BCUT2D eigenvalue weighted by atomic mass is 10.2. The highest BCUT2D eigenvalue weighted by Gasteiger charge is 2.16. The predicted octanol–water partition coefficient (Wildman–Crippen LogP) is 2.79. The molecule has 0 spiro atoms. The summed E-state index contributed by atoms with van der Waals surface area (Å²) >= 11 is 3.26. The fraction of sp³-hybridized carbons (Fsp3) is 0.615. The quantitative estimate of drug-likeness (QED) is 0.889. The zero-order valence-electron chi connectivity index (χ0n) is 12.6. The first-order valence-electron chi connectivity index (χ1n) is 6.68. The largest absolute Gasteiger partial charge is 0.312 e. The summed E-state index contributed by atoms with van der Waals surface area (Å²) in [5.41, 5.74) is 2.33. The predicted molar refractivity (Wildman–Crippen MR) is 83.3 cm³/mol. The van der Waals surface area contributed by atoms with Crippen molar-refractivity contribution in [3.63, 3.8) is 0 Å². The molecule has 0 fully saturated rings. The fourth-order valence-electron chi connectivity index (χ4n) is 1.90. The van der Waals surface area contributed by atoms with Gasteiger partial charge in [0.2, 0.25) is 0 Å². The number of nitrogens with one attached hydrogen (secondary N) is 1. The Morgan fingerprint density at radius 2 is 2.05 bits per heavy atom. The molecule has 0 aliphatic carbocycles. The molecule has 0 aliphatic rings. The summed E-state index contributed by atoms with van der Waals surface area (Å²) in [6.07, 6.45) is 0. The fourth-order valence-corrected chi connectivity index (χ4v) is 3.84. The molecule has 0 atom stereocenters. The second kappa shape index (κ2) is 6.69. The molecule has 2 rings (SSSR count). The smallest absolute Gasteiger partial charge is 0.180 e. The summed E-state index contributed by atoms with van der Waals surface area (Å²) in [5, 5.41) is 18.4.